The number of aliphatic imine (C=N–C) groups is 1. The van der Waals surface area contributed by atoms with Gasteiger partial charge >= 0.3 is 0 Å². The van der Waals surface area contributed by atoms with Crippen molar-refractivity contribution in [3.8, 4) is 11.5 Å². The average Bonchev–Trinajstić information content (AvgIpc) is 3.46. The zero-order valence-corrected chi connectivity index (χ0v) is 15.2. The third kappa shape index (κ3) is 6.91. The number of nitrogens with one attached hydrogen (secondary N) is 3. The van der Waals surface area contributed by atoms with E-state index >= 15 is 0 Å². The second kappa shape index (κ2) is 9.76. The standard InChI is InChI=1S/C18H28N4O3/c1-13(25-16-6-4-5-15(11-16)24-3)12-22-18(19-2)21-10-9-20-17(23)14-7-8-14/h4-6,11,13-14H,7-10,12H2,1-3H3,(H,20,23)(H2,19,21,22). The third-order valence-electron chi connectivity index (χ3n) is 3.82. The van der Waals surface area contributed by atoms with E-state index in [1.165, 1.54) is 0 Å². The number of carbonyl (C=O) groups excluding carboxylic acids is 1. The van der Waals surface area contributed by atoms with Crippen LogP contribution in [0, 0.1) is 5.92 Å². The molecule has 138 valence electrons. The van der Waals surface area contributed by atoms with Crippen LogP contribution in [0.1, 0.15) is 19.8 Å². The van der Waals surface area contributed by atoms with E-state index in [1.54, 1.807) is 14.2 Å². The van der Waals surface area contributed by atoms with E-state index in [-0.39, 0.29) is 17.9 Å². The molecule has 0 radical (unpaired) electrons. The molecule has 1 amide bonds. The van der Waals surface area contributed by atoms with Crippen LogP contribution in [0.5, 0.6) is 11.5 Å². The Kier molecular flexibility index (Phi) is 7.37. The maximum Gasteiger partial charge on any atom is 0.223 e. The summed E-state index contributed by atoms with van der Waals surface area (Å²) in [6.45, 7) is 3.80. The van der Waals surface area contributed by atoms with Crippen molar-refractivity contribution in [2.24, 2.45) is 10.9 Å². The average molecular weight is 348 g/mol. The van der Waals surface area contributed by atoms with Gasteiger partial charge in [-0.3, -0.25) is 9.79 Å². The largest absolute Gasteiger partial charge is 0.497 e. The first-order valence-electron chi connectivity index (χ1n) is 8.65. The van der Waals surface area contributed by atoms with E-state index in [9.17, 15) is 4.79 Å². The van der Waals surface area contributed by atoms with Crippen molar-refractivity contribution in [3.05, 3.63) is 24.3 Å². The molecule has 1 fully saturated rings. The van der Waals surface area contributed by atoms with E-state index in [0.29, 0.717) is 25.6 Å². The lowest BCUT2D eigenvalue weighted by Gasteiger charge is -2.18. The molecule has 0 bridgehead atoms. The predicted molar refractivity (Wildman–Crippen MR) is 98.2 cm³/mol. The highest BCUT2D eigenvalue weighted by atomic mass is 16.5. The molecule has 0 aromatic heterocycles. The molecule has 0 aliphatic heterocycles. The van der Waals surface area contributed by atoms with Crippen LogP contribution >= 0.6 is 0 Å². The van der Waals surface area contributed by atoms with Crippen LogP contribution in [-0.4, -0.2) is 51.8 Å². The summed E-state index contributed by atoms with van der Waals surface area (Å²) in [7, 11) is 3.35. The van der Waals surface area contributed by atoms with Crippen LogP contribution in [-0.2, 0) is 4.79 Å². The fourth-order valence-electron chi connectivity index (χ4n) is 2.27. The van der Waals surface area contributed by atoms with Crippen LogP contribution < -0.4 is 25.4 Å². The van der Waals surface area contributed by atoms with Crippen LogP contribution in [0.25, 0.3) is 0 Å². The second-order valence-corrected chi connectivity index (χ2v) is 6.05. The highest BCUT2D eigenvalue weighted by molar-refractivity contribution is 5.81. The summed E-state index contributed by atoms with van der Waals surface area (Å²) in [5.74, 6) is 2.61. The van der Waals surface area contributed by atoms with Crippen molar-refractivity contribution >= 4 is 11.9 Å². The van der Waals surface area contributed by atoms with Gasteiger partial charge in [-0.05, 0) is 31.9 Å². The Labute approximate surface area is 149 Å². The normalized spacial score (nSPS) is 15.2. The Hall–Kier alpha value is -2.44. The first-order valence-corrected chi connectivity index (χ1v) is 8.65. The van der Waals surface area contributed by atoms with Crippen molar-refractivity contribution < 1.29 is 14.3 Å². The van der Waals surface area contributed by atoms with Gasteiger partial charge in [-0.1, -0.05) is 6.07 Å². The van der Waals surface area contributed by atoms with E-state index in [4.69, 9.17) is 9.47 Å². The summed E-state index contributed by atoms with van der Waals surface area (Å²) in [5.41, 5.74) is 0. The highest BCUT2D eigenvalue weighted by Gasteiger charge is 2.28. The summed E-state index contributed by atoms with van der Waals surface area (Å²) in [4.78, 5) is 15.7. The van der Waals surface area contributed by atoms with Crippen LogP contribution in [0.15, 0.2) is 29.3 Å². The summed E-state index contributed by atoms with van der Waals surface area (Å²) >= 11 is 0. The SMILES string of the molecule is CN=C(NCCNC(=O)C1CC1)NCC(C)Oc1cccc(OC)c1. The molecule has 1 saturated carbocycles. The molecular formula is C18H28N4O3. The van der Waals surface area contributed by atoms with E-state index in [2.05, 4.69) is 20.9 Å². The second-order valence-electron chi connectivity index (χ2n) is 6.05. The minimum absolute atomic E-state index is 0.0415. The van der Waals surface area contributed by atoms with Gasteiger partial charge in [0.2, 0.25) is 5.91 Å². The van der Waals surface area contributed by atoms with Gasteiger partial charge in [0.1, 0.15) is 17.6 Å². The topological polar surface area (TPSA) is 84.0 Å². The number of guanidine groups is 1. The zero-order valence-electron chi connectivity index (χ0n) is 15.2. The lowest BCUT2D eigenvalue weighted by Crippen LogP contribution is -2.44. The first-order chi connectivity index (χ1) is 12.1. The molecule has 1 aliphatic carbocycles. The molecule has 0 heterocycles. The molecule has 25 heavy (non-hydrogen) atoms. The highest BCUT2D eigenvalue weighted by Crippen LogP contribution is 2.28. The molecule has 1 aromatic rings. The predicted octanol–water partition coefficient (Wildman–Crippen LogP) is 1.15. The van der Waals surface area contributed by atoms with Crippen molar-refractivity contribution in [2.75, 3.05) is 33.8 Å². The maximum atomic E-state index is 11.5. The lowest BCUT2D eigenvalue weighted by atomic mass is 10.3. The molecule has 1 unspecified atom stereocenters. The van der Waals surface area contributed by atoms with Gasteiger partial charge in [0, 0.05) is 32.1 Å². The van der Waals surface area contributed by atoms with Crippen molar-refractivity contribution in [3.63, 3.8) is 0 Å². The number of benzene rings is 1. The number of hydrogen-bond acceptors (Lipinski definition) is 4. The minimum atomic E-state index is -0.0415. The smallest absolute Gasteiger partial charge is 0.223 e. The lowest BCUT2D eigenvalue weighted by molar-refractivity contribution is -0.122. The molecule has 1 aliphatic rings. The number of carbonyl (C=O) groups is 1. The van der Waals surface area contributed by atoms with Crippen molar-refractivity contribution in [2.45, 2.75) is 25.9 Å². The first kappa shape index (κ1) is 18.9. The van der Waals surface area contributed by atoms with E-state index in [0.717, 1.165) is 24.3 Å². The summed E-state index contributed by atoms with van der Waals surface area (Å²) < 4.78 is 11.0. The number of nitrogens with zero attached hydrogens (tertiary/aromatic N) is 1. The Balaban J connectivity index is 1.64. The van der Waals surface area contributed by atoms with Crippen molar-refractivity contribution in [1.82, 2.24) is 16.0 Å². The quantitative estimate of drug-likeness (QED) is 0.354. The Morgan fingerprint density at radius 1 is 1.24 bits per heavy atom. The monoisotopic (exact) mass is 348 g/mol. The van der Waals surface area contributed by atoms with Gasteiger partial charge < -0.3 is 25.4 Å². The Bertz CT molecular complexity index is 587. The molecule has 3 N–H and O–H groups in total. The van der Waals surface area contributed by atoms with Crippen LogP contribution in [0.3, 0.4) is 0 Å². The van der Waals surface area contributed by atoms with Gasteiger partial charge in [0.25, 0.3) is 0 Å². The molecule has 1 aromatic carbocycles. The number of amides is 1. The maximum absolute atomic E-state index is 11.5. The number of rotatable bonds is 9. The summed E-state index contributed by atoms with van der Waals surface area (Å²) in [6, 6.07) is 7.52. The van der Waals surface area contributed by atoms with E-state index < -0.39 is 0 Å². The number of methoxy groups -OCH3 is 1. The Morgan fingerprint density at radius 2 is 1.96 bits per heavy atom. The van der Waals surface area contributed by atoms with Gasteiger partial charge in [-0.25, -0.2) is 0 Å². The molecule has 0 saturated heterocycles. The summed E-state index contributed by atoms with van der Waals surface area (Å²) in [5, 5.41) is 9.29. The Morgan fingerprint density at radius 3 is 2.64 bits per heavy atom. The molecule has 1 atom stereocenters. The van der Waals surface area contributed by atoms with Gasteiger partial charge in [-0.2, -0.15) is 0 Å². The van der Waals surface area contributed by atoms with Crippen molar-refractivity contribution in [1.29, 1.82) is 0 Å². The molecule has 7 heteroatoms. The minimum Gasteiger partial charge on any atom is -0.497 e. The van der Waals surface area contributed by atoms with Crippen LogP contribution in [0.2, 0.25) is 0 Å². The van der Waals surface area contributed by atoms with E-state index in [1.807, 2.05) is 31.2 Å². The third-order valence-corrected chi connectivity index (χ3v) is 3.82. The number of hydrogen-bond donors (Lipinski definition) is 3. The summed E-state index contributed by atoms with van der Waals surface area (Å²) in [6.07, 6.45) is 2.00. The molecule has 0 spiro atoms. The zero-order chi connectivity index (χ0) is 18.1. The van der Waals surface area contributed by atoms with Gasteiger partial charge in [0.05, 0.1) is 13.7 Å². The van der Waals surface area contributed by atoms with Crippen LogP contribution in [0.4, 0.5) is 0 Å². The molecule has 7 nitrogen and oxygen atoms in total. The molecule has 2 rings (SSSR count). The van der Waals surface area contributed by atoms with Gasteiger partial charge in [0.15, 0.2) is 5.96 Å². The van der Waals surface area contributed by atoms with Gasteiger partial charge in [-0.15, -0.1) is 0 Å². The number of ether oxygens (including phenoxy) is 2. The fourth-order valence-corrected chi connectivity index (χ4v) is 2.27. The molecular weight excluding hydrogens is 320 g/mol. The fraction of sp³-hybridized carbons (Fsp3) is 0.556.